The molecule has 6 aromatic rings. The van der Waals surface area contributed by atoms with Crippen molar-refractivity contribution >= 4 is 76.7 Å². The SMILES string of the molecule is CC(=O)N1CC[C@H]2CC[C@@H](C(=O)N[C@@H](CCC(N)=O)COc3cccc(CCCOc4cc([C@H](C(=O)N5C[C@H](O)C[C@H]5C(=O)NCc5ccc(-c6scnc6C)cc5)C(C)C)on4)c3F)N2C(=O)[C@@H](NC(=O)c2cc3cc(C(=O)P(=O)(O)O)ccc3[nH]2)C1. The minimum absolute atomic E-state index is 0.00397. The number of nitrogens with two attached hydrogens (primary N) is 1. The number of H-pyrrole nitrogens is 1. The molecule has 0 unspecified atom stereocenters. The molecular formula is C60H70FN10O15PS. The smallest absolute Gasteiger partial charge is 0.396 e. The Hall–Kier alpha value is -8.36. The first kappa shape index (κ1) is 64.1. The molecule has 3 aliphatic heterocycles. The summed E-state index contributed by atoms with van der Waals surface area (Å²) in [5, 5.41) is 23.5. The number of aliphatic hydroxyl groups is 1. The molecule has 3 aliphatic rings. The summed E-state index contributed by atoms with van der Waals surface area (Å²) in [4.78, 5) is 139. The molecule has 3 aromatic carbocycles. The minimum atomic E-state index is -5.10. The monoisotopic (exact) mass is 1250 g/mol. The highest BCUT2D eigenvalue weighted by Gasteiger charge is 2.47. The van der Waals surface area contributed by atoms with Crippen LogP contribution in [0.5, 0.6) is 11.6 Å². The van der Waals surface area contributed by atoms with Crippen LogP contribution in [0.2, 0.25) is 0 Å². The number of benzene rings is 3. The fourth-order valence-corrected chi connectivity index (χ4v) is 12.8. The lowest BCUT2D eigenvalue weighted by molar-refractivity contribution is -0.145. The van der Waals surface area contributed by atoms with Crippen molar-refractivity contribution in [2.75, 3.05) is 32.8 Å². The fraction of sp³-hybridized carbons (Fsp3) is 0.433. The summed E-state index contributed by atoms with van der Waals surface area (Å²) in [5.41, 5.74) is 9.00. The van der Waals surface area contributed by atoms with Gasteiger partial charge in [-0.1, -0.05) is 50.2 Å². The number of hydrogen-bond acceptors (Lipinski definition) is 16. The topological polar surface area (TPSA) is 359 Å². The number of thiazole rings is 1. The van der Waals surface area contributed by atoms with Gasteiger partial charge in [0.05, 0.1) is 34.8 Å². The number of nitrogens with zero attached hydrogens (tertiary/aromatic N) is 5. The van der Waals surface area contributed by atoms with Crippen LogP contribution in [0.4, 0.5) is 4.39 Å². The summed E-state index contributed by atoms with van der Waals surface area (Å²) < 4.78 is 45.2. The van der Waals surface area contributed by atoms with E-state index in [1.807, 2.05) is 45.0 Å². The molecule has 88 heavy (non-hydrogen) atoms. The van der Waals surface area contributed by atoms with E-state index in [1.54, 1.807) is 29.0 Å². The molecule has 3 fully saturated rings. The number of β-amino-alcohol motifs (C(OH)–C–C–N with tert-alkyl or cyclic N) is 1. The van der Waals surface area contributed by atoms with Gasteiger partial charge < -0.3 is 70.3 Å². The molecule has 25 nitrogen and oxygen atoms in total. The third kappa shape index (κ3) is 15.1. The van der Waals surface area contributed by atoms with E-state index in [4.69, 9.17) is 19.7 Å². The Morgan fingerprint density at radius 2 is 1.74 bits per heavy atom. The van der Waals surface area contributed by atoms with E-state index in [0.717, 1.165) is 21.7 Å². The molecule has 0 aliphatic carbocycles. The highest BCUT2D eigenvalue weighted by atomic mass is 32.1. The number of halogens is 1. The average molecular weight is 1250 g/mol. The second kappa shape index (κ2) is 27.8. The Morgan fingerprint density at radius 3 is 2.44 bits per heavy atom. The molecule has 3 saturated heterocycles. The van der Waals surface area contributed by atoms with Gasteiger partial charge in [-0.25, -0.2) is 9.37 Å². The lowest BCUT2D eigenvalue weighted by Gasteiger charge is -2.38. The van der Waals surface area contributed by atoms with Gasteiger partial charge in [-0.15, -0.1) is 11.3 Å². The van der Waals surface area contributed by atoms with E-state index >= 15 is 4.39 Å². The maximum absolute atomic E-state index is 16.1. The van der Waals surface area contributed by atoms with E-state index < -0.39 is 96.6 Å². The van der Waals surface area contributed by atoms with E-state index in [-0.39, 0.29) is 123 Å². The number of aromatic nitrogens is 3. The number of rotatable bonds is 24. The van der Waals surface area contributed by atoms with Crippen LogP contribution in [0.25, 0.3) is 21.3 Å². The van der Waals surface area contributed by atoms with Gasteiger partial charge in [-0.3, -0.25) is 42.9 Å². The molecule has 3 aromatic heterocycles. The zero-order valence-corrected chi connectivity index (χ0v) is 50.5. The summed E-state index contributed by atoms with van der Waals surface area (Å²) in [7, 11) is -5.10. The van der Waals surface area contributed by atoms with Crippen LogP contribution in [-0.4, -0.2) is 161 Å². The quantitative estimate of drug-likeness (QED) is 0.0303. The molecule has 9 N–H and O–H groups in total. The van der Waals surface area contributed by atoms with Gasteiger partial charge in [-0.2, -0.15) is 0 Å². The first-order valence-corrected chi connectivity index (χ1v) is 31.4. The molecule has 0 spiro atoms. The number of fused-ring (bicyclic) bond motifs is 2. The number of hydrogen-bond donors (Lipinski definition) is 8. The summed E-state index contributed by atoms with van der Waals surface area (Å²) in [6.45, 7) is 6.84. The number of carbonyl (C=O) groups excluding carboxylic acids is 8. The summed E-state index contributed by atoms with van der Waals surface area (Å²) in [6, 6.07) is 14.2. The Morgan fingerprint density at radius 1 is 0.966 bits per heavy atom. The van der Waals surface area contributed by atoms with E-state index in [1.165, 1.54) is 58.0 Å². The van der Waals surface area contributed by atoms with Crippen molar-refractivity contribution in [3.63, 3.8) is 0 Å². The Labute approximate surface area is 509 Å². The van der Waals surface area contributed by atoms with E-state index in [2.05, 4.69) is 31.1 Å². The summed E-state index contributed by atoms with van der Waals surface area (Å²) >= 11 is 1.55. The van der Waals surface area contributed by atoms with Gasteiger partial charge >= 0.3 is 7.60 Å². The zero-order valence-electron chi connectivity index (χ0n) is 48.8. The molecule has 9 rings (SSSR count). The predicted molar refractivity (Wildman–Crippen MR) is 317 cm³/mol. The largest absolute Gasteiger partial charge is 0.488 e. The van der Waals surface area contributed by atoms with Gasteiger partial charge in [0, 0.05) is 74.5 Å². The van der Waals surface area contributed by atoms with Crippen molar-refractivity contribution in [1.29, 1.82) is 0 Å². The third-order valence-corrected chi connectivity index (χ3v) is 17.8. The number of aromatic amines is 1. The van der Waals surface area contributed by atoms with Crippen LogP contribution in [0, 0.1) is 18.7 Å². The van der Waals surface area contributed by atoms with Crippen LogP contribution in [0.15, 0.2) is 82.8 Å². The molecule has 28 heteroatoms. The van der Waals surface area contributed by atoms with Crippen molar-refractivity contribution in [1.82, 2.24) is 45.8 Å². The number of likely N-dealkylation sites (tertiary alicyclic amines) is 1. The highest BCUT2D eigenvalue weighted by Crippen LogP contribution is 2.40. The highest BCUT2D eigenvalue weighted by molar-refractivity contribution is 7.70. The van der Waals surface area contributed by atoms with Crippen molar-refractivity contribution in [3.8, 4) is 22.1 Å². The molecule has 0 saturated carbocycles. The Balaban J connectivity index is 0.785. The normalized spacial score (nSPS) is 19.4. The second-order valence-corrected chi connectivity index (χ2v) is 25.0. The van der Waals surface area contributed by atoms with Crippen molar-refractivity contribution in [3.05, 3.63) is 118 Å². The van der Waals surface area contributed by atoms with Gasteiger partial charge in [0.1, 0.15) is 36.3 Å². The molecule has 0 bridgehead atoms. The molecule has 468 valence electrons. The maximum atomic E-state index is 16.1. The standard InChI is InChI=1S/C60H70FN10O15PS/c1-32(2)52(59(79)70-28-42(73)25-47(70)56(76)63-27-35-10-12-37(13-11-35)54-33(3)64-31-88-54)49-26-51(68-86-49)84-22-6-8-36-7-5-9-48(53(36)61)85-30-40(15-19-50(62)74)65-57(77)46-18-16-41-20-21-69(34(4)72)29-45(58(78)71(41)46)67-55(75)44-24-39-23-38(14-17-43(39)66-44)60(80)87(81,82)83/h5,7,9-14,17,23-24,26,31-32,40-42,45-47,52,66,73H,6,8,15-16,18-22,25,27-30H2,1-4H3,(H2,62,74)(H,63,76)(H,65,77)(H,67,75)(H2,81,82,83)/t40-,41+,42+,45-,46-,47-,52+/m0/s1. The minimum Gasteiger partial charge on any atom is -0.488 e. The lowest BCUT2D eigenvalue weighted by atomic mass is 9.91. The Bertz CT molecular complexity index is 3640. The molecular weight excluding hydrogens is 1180 g/mol. The maximum Gasteiger partial charge on any atom is 0.396 e. The second-order valence-electron chi connectivity index (χ2n) is 22.7. The van der Waals surface area contributed by atoms with E-state index in [0.29, 0.717) is 24.8 Å². The molecule has 6 heterocycles. The van der Waals surface area contributed by atoms with Gasteiger partial charge in [-0.05, 0) is 104 Å². The van der Waals surface area contributed by atoms with Crippen LogP contribution in [0.1, 0.15) is 115 Å². The number of aryl methyl sites for hydroxylation is 2. The van der Waals surface area contributed by atoms with Crippen LogP contribution >= 0.6 is 18.9 Å². The molecule has 7 amide bonds. The predicted octanol–water partition coefficient (Wildman–Crippen LogP) is 4.61. The number of ether oxygens (including phenoxy) is 2. The molecule has 0 radical (unpaired) electrons. The van der Waals surface area contributed by atoms with Gasteiger partial charge in [0.25, 0.3) is 17.3 Å². The van der Waals surface area contributed by atoms with Gasteiger partial charge in [0.15, 0.2) is 17.3 Å². The Kier molecular flexibility index (Phi) is 20.2. The summed E-state index contributed by atoms with van der Waals surface area (Å²) in [5.74, 6) is -5.56. The number of carbonyl (C=O) groups is 8. The van der Waals surface area contributed by atoms with Crippen molar-refractivity contribution in [2.24, 2.45) is 11.7 Å². The van der Waals surface area contributed by atoms with Crippen molar-refractivity contribution in [2.45, 2.75) is 128 Å². The van der Waals surface area contributed by atoms with Crippen molar-refractivity contribution < 1.29 is 76.2 Å². The third-order valence-electron chi connectivity index (χ3n) is 16.1. The first-order chi connectivity index (χ1) is 41.9. The number of amides is 7. The number of aliphatic hydroxyl groups excluding tert-OH is 1. The number of nitrogens with one attached hydrogen (secondary N) is 4. The van der Waals surface area contributed by atoms with Crippen LogP contribution < -0.4 is 31.2 Å². The van der Waals surface area contributed by atoms with E-state index in [9.17, 15) is 57.8 Å². The molecule has 7 atom stereocenters. The van der Waals surface area contributed by atoms with Crippen LogP contribution in [0.3, 0.4) is 0 Å². The summed E-state index contributed by atoms with van der Waals surface area (Å²) in [6.07, 6.45) is 0.373. The number of primary amides is 1. The van der Waals surface area contributed by atoms with Crippen LogP contribution in [-0.2, 0) is 46.3 Å². The van der Waals surface area contributed by atoms with Gasteiger partial charge in [0.2, 0.25) is 35.4 Å². The zero-order chi connectivity index (χ0) is 63.1. The first-order valence-electron chi connectivity index (χ1n) is 28.9. The fourth-order valence-electron chi connectivity index (χ4n) is 11.5. The average Bonchev–Trinajstić information content (AvgIpc) is 2.85. The lowest BCUT2D eigenvalue weighted by Crippen LogP contribution is -2.61.